The van der Waals surface area contributed by atoms with E-state index in [9.17, 15) is 0 Å². The highest BCUT2D eigenvalue weighted by Crippen LogP contribution is 2.38. The van der Waals surface area contributed by atoms with E-state index in [0.717, 1.165) is 19.4 Å². The Kier molecular flexibility index (Phi) is 2.07. The number of hydrogen-bond donors (Lipinski definition) is 1. The molecule has 0 spiro atoms. The first kappa shape index (κ1) is 8.08. The molecule has 0 aliphatic carbocycles. The molecule has 2 aliphatic rings. The standard InChI is InChI=1S/C9H15NO2/c1-2-11-5-6-3-9-7(10)4-8(6)12-9/h2,6-9H,1,3-5,10H2. The molecule has 12 heavy (non-hydrogen) atoms. The van der Waals surface area contributed by atoms with Crippen LogP contribution in [0.2, 0.25) is 0 Å². The summed E-state index contributed by atoms with van der Waals surface area (Å²) in [5.41, 5.74) is 5.82. The topological polar surface area (TPSA) is 44.5 Å². The van der Waals surface area contributed by atoms with Crippen LogP contribution in [-0.4, -0.2) is 24.9 Å². The van der Waals surface area contributed by atoms with Gasteiger partial charge in [0.2, 0.25) is 0 Å². The Morgan fingerprint density at radius 1 is 1.50 bits per heavy atom. The summed E-state index contributed by atoms with van der Waals surface area (Å²) >= 11 is 0. The lowest BCUT2D eigenvalue weighted by Gasteiger charge is -2.20. The minimum absolute atomic E-state index is 0.259. The van der Waals surface area contributed by atoms with Crippen molar-refractivity contribution in [3.63, 3.8) is 0 Å². The predicted octanol–water partition coefficient (Wildman–Crippen LogP) is 0.651. The molecule has 0 amide bonds. The SMILES string of the molecule is C=COCC1CC2OC1CC2N. The van der Waals surface area contributed by atoms with E-state index in [1.165, 1.54) is 6.26 Å². The Hall–Kier alpha value is -0.540. The van der Waals surface area contributed by atoms with Gasteiger partial charge in [-0.3, -0.25) is 0 Å². The molecule has 0 radical (unpaired) electrons. The van der Waals surface area contributed by atoms with Crippen molar-refractivity contribution in [1.82, 2.24) is 0 Å². The van der Waals surface area contributed by atoms with E-state index in [1.54, 1.807) is 0 Å². The third kappa shape index (κ3) is 1.23. The quantitative estimate of drug-likeness (QED) is 0.631. The Morgan fingerprint density at radius 2 is 2.33 bits per heavy atom. The van der Waals surface area contributed by atoms with Crippen molar-refractivity contribution < 1.29 is 9.47 Å². The van der Waals surface area contributed by atoms with Crippen molar-refractivity contribution in [2.24, 2.45) is 11.7 Å². The van der Waals surface area contributed by atoms with Crippen LogP contribution in [0.5, 0.6) is 0 Å². The minimum Gasteiger partial charge on any atom is -0.501 e. The van der Waals surface area contributed by atoms with Gasteiger partial charge in [0.15, 0.2) is 0 Å². The first-order valence-corrected chi connectivity index (χ1v) is 4.45. The lowest BCUT2D eigenvalue weighted by Crippen LogP contribution is -2.35. The second kappa shape index (κ2) is 3.07. The number of ether oxygens (including phenoxy) is 2. The summed E-state index contributed by atoms with van der Waals surface area (Å²) in [6.45, 7) is 4.24. The summed E-state index contributed by atoms with van der Waals surface area (Å²) < 4.78 is 10.8. The maximum absolute atomic E-state index is 5.82. The van der Waals surface area contributed by atoms with E-state index in [2.05, 4.69) is 6.58 Å². The Balaban J connectivity index is 1.85. The zero-order valence-electron chi connectivity index (χ0n) is 7.11. The van der Waals surface area contributed by atoms with Gasteiger partial charge >= 0.3 is 0 Å². The van der Waals surface area contributed by atoms with Crippen LogP contribution in [0.25, 0.3) is 0 Å². The van der Waals surface area contributed by atoms with Crippen LogP contribution in [0.3, 0.4) is 0 Å². The van der Waals surface area contributed by atoms with Crippen LogP contribution < -0.4 is 5.73 Å². The fraction of sp³-hybridized carbons (Fsp3) is 0.778. The van der Waals surface area contributed by atoms with Gasteiger partial charge in [0.1, 0.15) is 0 Å². The monoisotopic (exact) mass is 169 g/mol. The van der Waals surface area contributed by atoms with E-state index >= 15 is 0 Å². The first-order chi connectivity index (χ1) is 5.81. The first-order valence-electron chi connectivity index (χ1n) is 4.45. The van der Waals surface area contributed by atoms with Crippen molar-refractivity contribution in [1.29, 1.82) is 0 Å². The molecular weight excluding hydrogens is 154 g/mol. The normalized spacial score (nSPS) is 44.8. The van der Waals surface area contributed by atoms with E-state index < -0.39 is 0 Å². The summed E-state index contributed by atoms with van der Waals surface area (Å²) in [5, 5.41) is 0. The average Bonchev–Trinajstić information content (AvgIpc) is 2.58. The van der Waals surface area contributed by atoms with Crippen LogP contribution in [0.15, 0.2) is 12.8 Å². The third-order valence-corrected chi connectivity index (χ3v) is 2.82. The van der Waals surface area contributed by atoms with E-state index in [4.69, 9.17) is 15.2 Å². The zero-order valence-corrected chi connectivity index (χ0v) is 7.11. The highest BCUT2D eigenvalue weighted by molar-refractivity contribution is 4.97. The van der Waals surface area contributed by atoms with Gasteiger partial charge in [0.05, 0.1) is 25.1 Å². The number of hydrogen-bond acceptors (Lipinski definition) is 3. The maximum atomic E-state index is 5.82. The molecule has 2 bridgehead atoms. The van der Waals surface area contributed by atoms with Crippen molar-refractivity contribution in [3.05, 3.63) is 12.8 Å². The summed E-state index contributed by atoms with van der Waals surface area (Å²) in [4.78, 5) is 0. The largest absolute Gasteiger partial charge is 0.501 e. The number of nitrogens with two attached hydrogens (primary N) is 1. The van der Waals surface area contributed by atoms with Crippen LogP contribution in [0.4, 0.5) is 0 Å². The number of rotatable bonds is 3. The van der Waals surface area contributed by atoms with Crippen LogP contribution >= 0.6 is 0 Å². The molecule has 4 atom stereocenters. The lowest BCUT2D eigenvalue weighted by atomic mass is 9.87. The summed E-state index contributed by atoms with van der Waals surface area (Å²) in [7, 11) is 0. The molecule has 0 aromatic rings. The second-order valence-electron chi connectivity index (χ2n) is 3.61. The van der Waals surface area contributed by atoms with Crippen LogP contribution in [-0.2, 0) is 9.47 Å². The van der Waals surface area contributed by atoms with Gasteiger partial charge in [-0.15, -0.1) is 0 Å². The van der Waals surface area contributed by atoms with Gasteiger partial charge in [0, 0.05) is 12.0 Å². The molecular formula is C9H15NO2. The molecule has 2 N–H and O–H groups in total. The molecule has 0 aromatic carbocycles. The zero-order chi connectivity index (χ0) is 8.55. The molecule has 4 unspecified atom stereocenters. The fourth-order valence-corrected chi connectivity index (χ4v) is 2.15. The van der Waals surface area contributed by atoms with Crippen molar-refractivity contribution in [2.75, 3.05) is 6.61 Å². The second-order valence-corrected chi connectivity index (χ2v) is 3.61. The molecule has 2 rings (SSSR count). The number of fused-ring (bicyclic) bond motifs is 2. The van der Waals surface area contributed by atoms with Gasteiger partial charge in [-0.05, 0) is 12.8 Å². The van der Waals surface area contributed by atoms with Crippen molar-refractivity contribution >= 4 is 0 Å². The van der Waals surface area contributed by atoms with Gasteiger partial charge in [-0.1, -0.05) is 6.58 Å². The molecule has 2 saturated heterocycles. The van der Waals surface area contributed by atoms with Gasteiger partial charge in [-0.25, -0.2) is 0 Å². The summed E-state index contributed by atoms with van der Waals surface area (Å²) in [5.74, 6) is 0.535. The molecule has 3 heteroatoms. The predicted molar refractivity (Wildman–Crippen MR) is 45.5 cm³/mol. The molecule has 0 saturated carbocycles. The maximum Gasteiger partial charge on any atom is 0.0926 e. The Morgan fingerprint density at radius 3 is 2.83 bits per heavy atom. The highest BCUT2D eigenvalue weighted by Gasteiger charge is 2.45. The van der Waals surface area contributed by atoms with E-state index in [0.29, 0.717) is 12.0 Å². The average molecular weight is 169 g/mol. The lowest BCUT2D eigenvalue weighted by molar-refractivity contribution is 0.0752. The molecule has 2 aliphatic heterocycles. The third-order valence-electron chi connectivity index (χ3n) is 2.82. The summed E-state index contributed by atoms with van der Waals surface area (Å²) in [6, 6.07) is 0.259. The van der Waals surface area contributed by atoms with Crippen LogP contribution in [0, 0.1) is 5.92 Å². The highest BCUT2D eigenvalue weighted by atomic mass is 16.5. The molecule has 68 valence electrons. The fourth-order valence-electron chi connectivity index (χ4n) is 2.15. The van der Waals surface area contributed by atoms with E-state index in [-0.39, 0.29) is 12.1 Å². The van der Waals surface area contributed by atoms with Gasteiger partial charge in [0.25, 0.3) is 0 Å². The summed E-state index contributed by atoms with van der Waals surface area (Å²) in [6.07, 6.45) is 4.17. The molecule has 2 fully saturated rings. The van der Waals surface area contributed by atoms with Crippen LogP contribution in [0.1, 0.15) is 12.8 Å². The Labute approximate surface area is 72.5 Å². The van der Waals surface area contributed by atoms with Crippen molar-refractivity contribution in [2.45, 2.75) is 31.1 Å². The van der Waals surface area contributed by atoms with Gasteiger partial charge < -0.3 is 15.2 Å². The molecule has 2 heterocycles. The van der Waals surface area contributed by atoms with Crippen molar-refractivity contribution in [3.8, 4) is 0 Å². The molecule has 3 nitrogen and oxygen atoms in total. The Bertz CT molecular complexity index is 181. The molecule has 0 aromatic heterocycles. The van der Waals surface area contributed by atoms with E-state index in [1.807, 2.05) is 0 Å². The van der Waals surface area contributed by atoms with Gasteiger partial charge in [-0.2, -0.15) is 0 Å². The smallest absolute Gasteiger partial charge is 0.0926 e. The minimum atomic E-state index is 0.259.